The minimum absolute atomic E-state index is 0.192. The number of unbranched alkanes of at least 4 members (excludes halogenated alkanes) is 1. The van der Waals surface area contributed by atoms with E-state index in [1.54, 1.807) is 4.90 Å². The molecular formula is C23H36N6O5. The van der Waals surface area contributed by atoms with Crippen LogP contribution in [0.15, 0.2) is 11.4 Å². The molecule has 3 fully saturated rings. The molecule has 2 aliphatic heterocycles. The molecule has 188 valence electrons. The Morgan fingerprint density at radius 1 is 1.03 bits per heavy atom. The summed E-state index contributed by atoms with van der Waals surface area (Å²) in [4.78, 5) is 67.2. The van der Waals surface area contributed by atoms with Crippen LogP contribution >= 0.6 is 0 Å². The summed E-state index contributed by atoms with van der Waals surface area (Å²) in [5, 5.41) is 2.39. The van der Waals surface area contributed by atoms with Crippen LogP contribution in [0.5, 0.6) is 0 Å². The molecule has 2 saturated heterocycles. The van der Waals surface area contributed by atoms with Gasteiger partial charge in [0.1, 0.15) is 11.4 Å². The summed E-state index contributed by atoms with van der Waals surface area (Å²) < 4.78 is 0. The van der Waals surface area contributed by atoms with E-state index in [2.05, 4.69) is 12.2 Å². The van der Waals surface area contributed by atoms with Gasteiger partial charge in [0.2, 0.25) is 5.91 Å². The number of nitrogens with one attached hydrogen (secondary N) is 1. The molecular weight excluding hydrogens is 440 g/mol. The minimum Gasteiger partial charge on any atom is -0.385 e. The molecule has 34 heavy (non-hydrogen) atoms. The molecule has 11 heteroatoms. The van der Waals surface area contributed by atoms with E-state index in [1.165, 1.54) is 0 Å². The van der Waals surface area contributed by atoms with Gasteiger partial charge in [-0.2, -0.15) is 0 Å². The number of hydrogen-bond acceptors (Lipinski definition) is 7. The highest BCUT2D eigenvalue weighted by Gasteiger charge is 2.49. The second-order valence-corrected chi connectivity index (χ2v) is 10.6. The van der Waals surface area contributed by atoms with Crippen molar-refractivity contribution in [1.82, 2.24) is 20.0 Å². The summed E-state index contributed by atoms with van der Waals surface area (Å²) in [5.74, 6) is -2.16. The Hall–Kier alpha value is -3.11. The number of nitrogens with zero attached hydrogens (tertiary/aromatic N) is 3. The van der Waals surface area contributed by atoms with E-state index >= 15 is 0 Å². The zero-order valence-corrected chi connectivity index (χ0v) is 20.5. The van der Waals surface area contributed by atoms with Crippen LogP contribution < -0.4 is 16.8 Å². The Bertz CT molecular complexity index is 930. The molecule has 0 radical (unpaired) electrons. The summed E-state index contributed by atoms with van der Waals surface area (Å²) in [7, 11) is 0. The summed E-state index contributed by atoms with van der Waals surface area (Å²) >= 11 is 0. The molecule has 3 rings (SSSR count). The zero-order valence-electron chi connectivity index (χ0n) is 20.5. The molecule has 1 aliphatic carbocycles. The van der Waals surface area contributed by atoms with E-state index in [9.17, 15) is 24.0 Å². The molecule has 0 aromatic heterocycles. The fourth-order valence-corrected chi connectivity index (χ4v) is 5.11. The molecule has 1 saturated carbocycles. The van der Waals surface area contributed by atoms with Crippen molar-refractivity contribution in [2.75, 3.05) is 13.1 Å². The number of rotatable bonds is 6. The van der Waals surface area contributed by atoms with E-state index in [-0.39, 0.29) is 35.7 Å². The molecule has 7 amide bonds. The van der Waals surface area contributed by atoms with Crippen molar-refractivity contribution in [1.29, 1.82) is 0 Å². The van der Waals surface area contributed by atoms with Crippen molar-refractivity contribution in [3.05, 3.63) is 11.4 Å². The quantitative estimate of drug-likeness (QED) is 0.386. The highest BCUT2D eigenvalue weighted by Crippen LogP contribution is 2.41. The molecule has 2 heterocycles. The maximum Gasteiger partial charge on any atom is 0.334 e. The third-order valence-electron chi connectivity index (χ3n) is 7.24. The monoisotopic (exact) mass is 476 g/mol. The molecule has 0 spiro atoms. The average Bonchev–Trinajstić information content (AvgIpc) is 2.71. The van der Waals surface area contributed by atoms with Crippen LogP contribution in [0.3, 0.4) is 0 Å². The standard InChI is InChI=1S/C23H36N6O5/c1-5-6-11-27-18(31)16(17(24)25)19(32)29(21(27)34)14-7-9-23(4,10-8-14)13-28-20(33)26-15(30)12-22(28,2)3/h14H,5-13,24-25H2,1-4H3,(H,26,30,33). The van der Waals surface area contributed by atoms with Gasteiger partial charge >= 0.3 is 12.1 Å². The summed E-state index contributed by atoms with van der Waals surface area (Å²) in [6.07, 6.45) is 3.97. The number of urea groups is 2. The van der Waals surface area contributed by atoms with Crippen LogP contribution in [0.2, 0.25) is 0 Å². The minimum atomic E-state index is -0.744. The predicted octanol–water partition coefficient (Wildman–Crippen LogP) is 1.38. The van der Waals surface area contributed by atoms with E-state index in [1.807, 2.05) is 20.8 Å². The van der Waals surface area contributed by atoms with Crippen LogP contribution in [-0.4, -0.2) is 69.2 Å². The lowest BCUT2D eigenvalue weighted by atomic mass is 9.72. The lowest BCUT2D eigenvalue weighted by Gasteiger charge is -2.49. The molecule has 0 atom stereocenters. The zero-order chi connectivity index (χ0) is 25.4. The van der Waals surface area contributed by atoms with Gasteiger partial charge in [0.15, 0.2) is 0 Å². The van der Waals surface area contributed by atoms with Crippen molar-refractivity contribution in [2.24, 2.45) is 16.9 Å². The molecule has 0 aromatic rings. The molecule has 0 unspecified atom stereocenters. The lowest BCUT2D eigenvalue weighted by Crippen LogP contribution is -2.63. The van der Waals surface area contributed by atoms with Crippen LogP contribution in [0.25, 0.3) is 0 Å². The van der Waals surface area contributed by atoms with Crippen LogP contribution in [-0.2, 0) is 14.4 Å². The van der Waals surface area contributed by atoms with Crippen LogP contribution in [0.4, 0.5) is 9.59 Å². The van der Waals surface area contributed by atoms with Gasteiger partial charge in [0.25, 0.3) is 11.8 Å². The van der Waals surface area contributed by atoms with Gasteiger partial charge in [-0.05, 0) is 51.4 Å². The number of carbonyl (C=O) groups excluding carboxylic acids is 5. The second-order valence-electron chi connectivity index (χ2n) is 10.6. The number of imide groups is 3. The highest BCUT2D eigenvalue weighted by molar-refractivity contribution is 6.29. The maximum absolute atomic E-state index is 13.2. The van der Waals surface area contributed by atoms with Gasteiger partial charge in [-0.3, -0.25) is 29.5 Å². The fourth-order valence-electron chi connectivity index (χ4n) is 5.11. The van der Waals surface area contributed by atoms with Gasteiger partial charge in [-0.1, -0.05) is 20.3 Å². The molecule has 0 bridgehead atoms. The Balaban J connectivity index is 1.76. The first-order valence-corrected chi connectivity index (χ1v) is 11.9. The van der Waals surface area contributed by atoms with Gasteiger partial charge < -0.3 is 16.4 Å². The number of carbonyl (C=O) groups is 5. The summed E-state index contributed by atoms with van der Waals surface area (Å²) in [6, 6.07) is -1.43. The topological polar surface area (TPSA) is 159 Å². The van der Waals surface area contributed by atoms with Crippen molar-refractivity contribution >= 4 is 29.8 Å². The summed E-state index contributed by atoms with van der Waals surface area (Å²) in [6.45, 7) is 8.40. The van der Waals surface area contributed by atoms with Gasteiger partial charge in [-0.25, -0.2) is 9.59 Å². The van der Waals surface area contributed by atoms with E-state index in [4.69, 9.17) is 11.5 Å². The lowest BCUT2D eigenvalue weighted by molar-refractivity contribution is -0.138. The molecule has 3 aliphatic rings. The van der Waals surface area contributed by atoms with Crippen molar-refractivity contribution < 1.29 is 24.0 Å². The Labute approximate surface area is 199 Å². The van der Waals surface area contributed by atoms with E-state index < -0.39 is 35.5 Å². The average molecular weight is 477 g/mol. The third-order valence-corrected chi connectivity index (χ3v) is 7.24. The number of barbiturate groups is 1. The second kappa shape index (κ2) is 9.27. The van der Waals surface area contributed by atoms with Crippen molar-refractivity contribution in [2.45, 2.75) is 84.2 Å². The van der Waals surface area contributed by atoms with Crippen LogP contribution in [0.1, 0.15) is 72.6 Å². The maximum atomic E-state index is 13.2. The molecule has 5 N–H and O–H groups in total. The van der Waals surface area contributed by atoms with Crippen molar-refractivity contribution in [3.63, 3.8) is 0 Å². The Morgan fingerprint density at radius 2 is 1.65 bits per heavy atom. The van der Waals surface area contributed by atoms with Gasteiger partial charge in [0.05, 0.1) is 0 Å². The first-order valence-electron chi connectivity index (χ1n) is 11.9. The SMILES string of the molecule is CCCCN1C(=O)C(=C(N)N)C(=O)N(C2CCC(C)(CN3C(=O)NC(=O)CC3(C)C)CC2)C1=O. The number of amides is 7. The van der Waals surface area contributed by atoms with Crippen LogP contribution in [0, 0.1) is 5.41 Å². The first-order chi connectivity index (χ1) is 15.8. The highest BCUT2D eigenvalue weighted by atomic mass is 16.2. The van der Waals surface area contributed by atoms with E-state index in [0.29, 0.717) is 38.6 Å². The smallest absolute Gasteiger partial charge is 0.334 e. The third kappa shape index (κ3) is 4.74. The predicted molar refractivity (Wildman–Crippen MR) is 124 cm³/mol. The Kier molecular flexibility index (Phi) is 6.95. The largest absolute Gasteiger partial charge is 0.385 e. The molecule has 0 aromatic carbocycles. The number of hydrogen-bond donors (Lipinski definition) is 3. The fraction of sp³-hybridized carbons (Fsp3) is 0.696. The Morgan fingerprint density at radius 3 is 2.18 bits per heavy atom. The number of nitrogens with two attached hydrogens (primary N) is 2. The molecule has 11 nitrogen and oxygen atoms in total. The van der Waals surface area contributed by atoms with E-state index in [0.717, 1.165) is 16.2 Å². The normalized spacial score (nSPS) is 27.9. The van der Waals surface area contributed by atoms with Gasteiger partial charge in [-0.15, -0.1) is 0 Å². The summed E-state index contributed by atoms with van der Waals surface area (Å²) in [5.41, 5.74) is 10.1. The van der Waals surface area contributed by atoms with Crippen molar-refractivity contribution in [3.8, 4) is 0 Å². The van der Waals surface area contributed by atoms with Gasteiger partial charge in [0, 0.05) is 31.1 Å². The first kappa shape index (κ1) is 25.5.